The van der Waals surface area contributed by atoms with Gasteiger partial charge in [0.2, 0.25) is 23.6 Å². The number of fused-ring (bicyclic) bond motifs is 4. The monoisotopic (exact) mass is 672 g/mol. The maximum atomic E-state index is 14.6. The zero-order valence-electron chi connectivity index (χ0n) is 25.8. The second-order valence-electron chi connectivity index (χ2n) is 12.9. The number of amides is 4. The molecule has 10 nitrogen and oxygen atoms in total. The quantitative estimate of drug-likeness (QED) is 0.198. The summed E-state index contributed by atoms with van der Waals surface area (Å²) in [6, 6.07) is 16.6. The molecular weight excluding hydrogens is 642 g/mol. The number of carbonyl (C=O) groups excluding carboxylic acids is 4. The van der Waals surface area contributed by atoms with Gasteiger partial charge in [0.15, 0.2) is 0 Å². The number of nitrogens with zero attached hydrogens (tertiary/aromatic N) is 2. The highest BCUT2D eigenvalue weighted by atomic mass is 35.5. The Balaban J connectivity index is 1.36. The highest BCUT2D eigenvalue weighted by Gasteiger charge is 2.68. The Kier molecular flexibility index (Phi) is 8.02. The van der Waals surface area contributed by atoms with Gasteiger partial charge in [0, 0.05) is 11.5 Å². The molecule has 0 spiro atoms. The van der Waals surface area contributed by atoms with E-state index in [1.54, 1.807) is 37.3 Å². The first-order valence-electron chi connectivity index (χ1n) is 15.7. The molecule has 2 aliphatic carbocycles. The summed E-state index contributed by atoms with van der Waals surface area (Å²) in [6.07, 6.45) is 2.20. The second-order valence-corrected chi connectivity index (χ2v) is 13.3. The van der Waals surface area contributed by atoms with Gasteiger partial charge in [-0.1, -0.05) is 53.6 Å². The maximum Gasteiger partial charge on any atom is 0.488 e. The smallest absolute Gasteiger partial charge is 0.488 e. The van der Waals surface area contributed by atoms with Gasteiger partial charge >= 0.3 is 7.12 Å². The molecule has 4 aliphatic rings. The van der Waals surface area contributed by atoms with Crippen molar-refractivity contribution in [1.29, 1.82) is 0 Å². The van der Waals surface area contributed by atoms with Crippen molar-refractivity contribution in [2.75, 3.05) is 23.0 Å². The fourth-order valence-corrected chi connectivity index (χ4v) is 8.49. The third-order valence-corrected chi connectivity index (χ3v) is 10.7. The minimum Gasteiger partial charge on any atom is -0.491 e. The Morgan fingerprint density at radius 3 is 2.42 bits per heavy atom. The first-order valence-corrected chi connectivity index (χ1v) is 16.1. The van der Waals surface area contributed by atoms with Crippen molar-refractivity contribution >= 4 is 59.2 Å². The Morgan fingerprint density at radius 2 is 1.69 bits per heavy atom. The number of allylic oxidation sites excluding steroid dienone is 2. The number of aliphatic hydroxyl groups is 1. The average Bonchev–Trinajstić information content (AvgIpc) is 3.44. The Labute approximate surface area is 280 Å². The zero-order chi connectivity index (χ0) is 34.1. The van der Waals surface area contributed by atoms with E-state index >= 15 is 0 Å². The van der Waals surface area contributed by atoms with Crippen molar-refractivity contribution in [2.24, 2.45) is 29.1 Å². The minimum absolute atomic E-state index is 0.0202. The molecule has 3 N–H and O–H groups in total. The van der Waals surface area contributed by atoms with Crippen molar-refractivity contribution in [1.82, 2.24) is 0 Å². The molecule has 4 amide bonds. The van der Waals surface area contributed by atoms with Crippen molar-refractivity contribution < 1.29 is 43.5 Å². The summed E-state index contributed by atoms with van der Waals surface area (Å²) < 4.78 is 20.1. The summed E-state index contributed by atoms with van der Waals surface area (Å²) >= 11 is 6.08. The van der Waals surface area contributed by atoms with Gasteiger partial charge < -0.3 is 19.9 Å². The van der Waals surface area contributed by atoms with Crippen LogP contribution < -0.4 is 20.0 Å². The summed E-state index contributed by atoms with van der Waals surface area (Å²) in [5, 5.41) is 28.8. The Morgan fingerprint density at radius 1 is 0.938 bits per heavy atom. The highest BCUT2D eigenvalue weighted by molar-refractivity contribution is 6.58. The third kappa shape index (κ3) is 4.73. The fraction of sp³-hybridized carbons (Fsp3) is 0.314. The molecule has 246 valence electrons. The normalized spacial score (nSPS) is 27.9. The van der Waals surface area contributed by atoms with Crippen LogP contribution in [0.25, 0.3) is 0 Å². The van der Waals surface area contributed by atoms with Gasteiger partial charge in [-0.2, -0.15) is 0 Å². The van der Waals surface area contributed by atoms with Crippen molar-refractivity contribution in [2.45, 2.75) is 25.7 Å². The number of hydrogen-bond acceptors (Lipinski definition) is 8. The number of ether oxygens (including phenoxy) is 1. The zero-order valence-corrected chi connectivity index (χ0v) is 26.5. The van der Waals surface area contributed by atoms with E-state index in [1.165, 1.54) is 30.3 Å². The van der Waals surface area contributed by atoms with Crippen molar-refractivity contribution in [3.05, 3.63) is 94.8 Å². The van der Waals surface area contributed by atoms with Gasteiger partial charge in [0.1, 0.15) is 18.2 Å². The van der Waals surface area contributed by atoms with Gasteiger partial charge in [0.05, 0.1) is 46.2 Å². The predicted octanol–water partition coefficient (Wildman–Crippen LogP) is 2.97. The van der Waals surface area contributed by atoms with Crippen LogP contribution in [-0.4, -0.2) is 59.1 Å². The van der Waals surface area contributed by atoms with E-state index in [2.05, 4.69) is 0 Å². The van der Waals surface area contributed by atoms with Crippen LogP contribution in [0.5, 0.6) is 5.75 Å². The number of hydrogen-bond donors (Lipinski definition) is 3. The number of para-hydroxylation sites is 1. The maximum absolute atomic E-state index is 14.6. The summed E-state index contributed by atoms with van der Waals surface area (Å²) in [4.78, 5) is 59.3. The molecule has 3 aromatic carbocycles. The van der Waals surface area contributed by atoms with E-state index in [0.29, 0.717) is 11.3 Å². The third-order valence-electron chi connectivity index (χ3n) is 10.4. The number of halogens is 2. The molecule has 13 heteroatoms. The molecule has 0 aromatic heterocycles. The number of rotatable bonds is 7. The molecule has 0 bridgehead atoms. The first-order chi connectivity index (χ1) is 23.0. The molecule has 1 saturated carbocycles. The lowest BCUT2D eigenvalue weighted by Crippen LogP contribution is -2.49. The Hall–Kier alpha value is -4.36. The number of benzene rings is 3. The van der Waals surface area contributed by atoms with Gasteiger partial charge in [0.25, 0.3) is 0 Å². The first kappa shape index (κ1) is 32.2. The van der Waals surface area contributed by atoms with Crippen LogP contribution in [0.15, 0.2) is 78.4 Å². The number of aliphatic hydroxyl groups excluding tert-OH is 1. The largest absolute Gasteiger partial charge is 0.491 e. The van der Waals surface area contributed by atoms with Crippen LogP contribution in [0.2, 0.25) is 5.02 Å². The molecule has 2 heterocycles. The van der Waals surface area contributed by atoms with E-state index in [4.69, 9.17) is 16.3 Å². The fourth-order valence-electron chi connectivity index (χ4n) is 8.31. The average molecular weight is 673 g/mol. The van der Waals surface area contributed by atoms with Crippen LogP contribution in [0, 0.1) is 34.9 Å². The molecule has 7 rings (SSSR count). The molecule has 3 fully saturated rings. The topological polar surface area (TPSA) is 145 Å². The standard InChI is InChI=1S/C35H31BClFN2O8/c1-35-25(32(43)40(34(35)45)20-9-12-27(38)26(37)16-20)17-24-21(30(35)22-7-2-3-8-28(22)48-14-13-41)10-11-23-29(24)33(44)39(31(23)42)19-6-4-5-18(15-19)36(46)47/h2-10,12,15-16,23-25,29-30,41,46-47H,11,13-14,17H2,1H3/t23-,24+,25-,29-,30+,35+/m0/s1. The summed E-state index contributed by atoms with van der Waals surface area (Å²) in [7, 11) is -1.80. The molecular formula is C35H31BClFN2O8. The van der Waals surface area contributed by atoms with Crippen LogP contribution in [0.4, 0.5) is 15.8 Å². The minimum atomic E-state index is -1.80. The van der Waals surface area contributed by atoms with Gasteiger partial charge in [-0.15, -0.1) is 0 Å². The molecule has 2 aliphatic heterocycles. The molecule has 0 unspecified atom stereocenters. The highest BCUT2D eigenvalue weighted by Crippen LogP contribution is 2.64. The Bertz CT molecular complexity index is 1900. The van der Waals surface area contributed by atoms with Gasteiger partial charge in [-0.25, -0.2) is 9.29 Å². The van der Waals surface area contributed by atoms with Gasteiger partial charge in [-0.3, -0.25) is 24.1 Å². The summed E-state index contributed by atoms with van der Waals surface area (Å²) in [5.41, 5.74) is 0.394. The summed E-state index contributed by atoms with van der Waals surface area (Å²) in [5.74, 6) is -6.15. The van der Waals surface area contributed by atoms with E-state index < -0.39 is 71.6 Å². The van der Waals surface area contributed by atoms with E-state index in [1.807, 2.05) is 6.08 Å². The van der Waals surface area contributed by atoms with E-state index in [9.17, 15) is 38.7 Å². The number of carbonyl (C=O) groups is 4. The van der Waals surface area contributed by atoms with Crippen LogP contribution in [0.1, 0.15) is 31.2 Å². The van der Waals surface area contributed by atoms with Crippen molar-refractivity contribution in [3.8, 4) is 5.75 Å². The lowest BCUT2D eigenvalue weighted by molar-refractivity contribution is -0.131. The lowest BCUT2D eigenvalue weighted by Gasteiger charge is -2.49. The van der Waals surface area contributed by atoms with Crippen LogP contribution >= 0.6 is 11.6 Å². The molecule has 6 atom stereocenters. The van der Waals surface area contributed by atoms with Crippen LogP contribution in [0.3, 0.4) is 0 Å². The van der Waals surface area contributed by atoms with Gasteiger partial charge in [-0.05, 0) is 67.5 Å². The molecule has 0 radical (unpaired) electrons. The van der Waals surface area contributed by atoms with Crippen LogP contribution in [-0.2, 0) is 19.2 Å². The molecule has 3 aromatic rings. The van der Waals surface area contributed by atoms with E-state index in [-0.39, 0.29) is 47.9 Å². The number of anilines is 2. The van der Waals surface area contributed by atoms with E-state index in [0.717, 1.165) is 21.4 Å². The number of imide groups is 2. The SMILES string of the molecule is C[C@@]12C(=O)N(c3ccc(F)c(Cl)c3)C(=O)[C@@H]1C[C@@H]1C(=CC[C@@H]3C(=O)N(c4cccc(B(O)O)c4)C(=O)[C@@H]31)[C@@H]2c1ccccc1OCCO. The lowest BCUT2D eigenvalue weighted by atomic mass is 9.51. The molecule has 2 saturated heterocycles. The predicted molar refractivity (Wildman–Crippen MR) is 174 cm³/mol. The van der Waals surface area contributed by atoms with Crippen molar-refractivity contribution in [3.63, 3.8) is 0 Å². The molecule has 48 heavy (non-hydrogen) atoms. The summed E-state index contributed by atoms with van der Waals surface area (Å²) in [6.45, 7) is 1.44. The second kappa shape index (κ2) is 12.0.